The van der Waals surface area contributed by atoms with Gasteiger partial charge in [-0.2, -0.15) is 0 Å². The highest BCUT2D eigenvalue weighted by atomic mass is 35.5. The smallest absolute Gasteiger partial charge is 0.0924 e. The molecule has 4 heterocycles. The van der Waals surface area contributed by atoms with Crippen molar-refractivity contribution in [3.05, 3.63) is 64.1 Å². The van der Waals surface area contributed by atoms with Crippen LogP contribution in [0.25, 0.3) is 10.9 Å². The Morgan fingerprint density at radius 1 is 1.36 bits per heavy atom. The Hall–Kier alpha value is -1.88. The van der Waals surface area contributed by atoms with Crippen LogP contribution < -0.4 is 0 Å². The second-order valence-electron chi connectivity index (χ2n) is 8.61. The standard InChI is InChI=1S/C23H26ClN3O/c1-23(28,16-5-3-7-25-13-16)12-15-9-17(24)10-19-20-14-27-8-4-6-18(27)11-21(20)26(2)22(15)19/h3,5,7,9-10,13,18,28H,4,6,8,11-12,14H2,1-2H3. The summed E-state index contributed by atoms with van der Waals surface area (Å²) >= 11 is 6.54. The van der Waals surface area contributed by atoms with E-state index in [9.17, 15) is 5.11 Å². The molecule has 0 bridgehead atoms. The fourth-order valence-electron chi connectivity index (χ4n) is 5.26. The Kier molecular flexibility index (Phi) is 4.27. The maximum atomic E-state index is 11.2. The maximum absolute atomic E-state index is 11.2. The Balaban J connectivity index is 1.63. The Morgan fingerprint density at radius 3 is 3.00 bits per heavy atom. The third kappa shape index (κ3) is 2.86. The molecule has 0 aliphatic carbocycles. The maximum Gasteiger partial charge on any atom is 0.0924 e. The third-order valence-electron chi connectivity index (χ3n) is 6.67. The van der Waals surface area contributed by atoms with Crippen LogP contribution in [0.3, 0.4) is 0 Å². The number of nitrogens with zero attached hydrogens (tertiary/aromatic N) is 3. The van der Waals surface area contributed by atoms with Gasteiger partial charge in [0, 0.05) is 66.5 Å². The first-order chi connectivity index (χ1) is 13.4. The number of halogens is 1. The molecule has 1 N–H and O–H groups in total. The van der Waals surface area contributed by atoms with Gasteiger partial charge in [-0.05, 0) is 55.6 Å². The summed E-state index contributed by atoms with van der Waals surface area (Å²) in [7, 11) is 2.17. The number of pyridine rings is 1. The average molecular weight is 396 g/mol. The van der Waals surface area contributed by atoms with Crippen molar-refractivity contribution in [1.29, 1.82) is 0 Å². The van der Waals surface area contributed by atoms with Crippen LogP contribution in [0.5, 0.6) is 0 Å². The fourth-order valence-corrected chi connectivity index (χ4v) is 5.50. The van der Waals surface area contributed by atoms with Crippen LogP contribution in [0.2, 0.25) is 5.02 Å². The van der Waals surface area contributed by atoms with Crippen LogP contribution in [0.4, 0.5) is 0 Å². The number of hydrogen-bond donors (Lipinski definition) is 1. The van der Waals surface area contributed by atoms with Gasteiger partial charge in [-0.1, -0.05) is 17.7 Å². The molecule has 2 aliphatic heterocycles. The molecule has 4 nitrogen and oxygen atoms in total. The van der Waals surface area contributed by atoms with Crippen molar-refractivity contribution in [2.45, 2.75) is 50.8 Å². The van der Waals surface area contributed by atoms with Crippen LogP contribution in [0.15, 0.2) is 36.7 Å². The quantitative estimate of drug-likeness (QED) is 0.722. The monoisotopic (exact) mass is 395 g/mol. The second kappa shape index (κ2) is 6.58. The molecule has 1 aromatic carbocycles. The van der Waals surface area contributed by atoms with Crippen LogP contribution >= 0.6 is 11.6 Å². The van der Waals surface area contributed by atoms with Gasteiger partial charge in [0.1, 0.15) is 0 Å². The van der Waals surface area contributed by atoms with E-state index in [-0.39, 0.29) is 0 Å². The summed E-state index contributed by atoms with van der Waals surface area (Å²) in [5.41, 5.74) is 4.97. The van der Waals surface area contributed by atoms with Gasteiger partial charge in [-0.3, -0.25) is 9.88 Å². The molecule has 28 heavy (non-hydrogen) atoms. The van der Waals surface area contributed by atoms with E-state index in [0.29, 0.717) is 12.5 Å². The second-order valence-corrected chi connectivity index (χ2v) is 9.04. The molecule has 0 saturated carbocycles. The zero-order valence-corrected chi connectivity index (χ0v) is 17.2. The van der Waals surface area contributed by atoms with Gasteiger partial charge >= 0.3 is 0 Å². The van der Waals surface area contributed by atoms with E-state index >= 15 is 0 Å². The predicted molar refractivity (Wildman–Crippen MR) is 113 cm³/mol. The number of aliphatic hydroxyl groups is 1. The SMILES string of the molecule is Cn1c2c(c3cc(Cl)cc(CC(C)(O)c4cccnc4)c31)CN1CCCC1C2. The summed E-state index contributed by atoms with van der Waals surface area (Å²) in [6, 6.07) is 8.59. The van der Waals surface area contributed by atoms with Crippen molar-refractivity contribution < 1.29 is 5.11 Å². The highest BCUT2D eigenvalue weighted by Gasteiger charge is 2.34. The summed E-state index contributed by atoms with van der Waals surface area (Å²) in [5.74, 6) is 0. The predicted octanol–water partition coefficient (Wildman–Crippen LogP) is 4.20. The number of rotatable bonds is 3. The van der Waals surface area contributed by atoms with Crippen LogP contribution in [-0.2, 0) is 32.0 Å². The van der Waals surface area contributed by atoms with Crippen molar-refractivity contribution in [1.82, 2.24) is 14.5 Å². The van der Waals surface area contributed by atoms with Crippen molar-refractivity contribution in [3.8, 4) is 0 Å². The highest BCUT2D eigenvalue weighted by molar-refractivity contribution is 6.31. The minimum absolute atomic E-state index is 0.500. The number of benzene rings is 1. The summed E-state index contributed by atoms with van der Waals surface area (Å²) < 4.78 is 2.35. The molecule has 1 fully saturated rings. The Labute approximate surface area is 170 Å². The van der Waals surface area contributed by atoms with Crippen LogP contribution in [0.1, 0.15) is 42.1 Å². The Morgan fingerprint density at radius 2 is 2.21 bits per heavy atom. The molecule has 0 amide bonds. The largest absolute Gasteiger partial charge is 0.385 e. The van der Waals surface area contributed by atoms with Crippen molar-refractivity contribution in [2.24, 2.45) is 7.05 Å². The lowest BCUT2D eigenvalue weighted by atomic mass is 9.89. The normalized spacial score (nSPS) is 21.5. The van der Waals surface area contributed by atoms with Gasteiger partial charge in [0.2, 0.25) is 0 Å². The van der Waals surface area contributed by atoms with E-state index in [1.807, 2.05) is 25.1 Å². The average Bonchev–Trinajstić information content (AvgIpc) is 3.23. The zero-order chi connectivity index (χ0) is 19.5. The van der Waals surface area contributed by atoms with Crippen molar-refractivity contribution in [2.75, 3.05) is 6.54 Å². The molecule has 5 heteroatoms. The van der Waals surface area contributed by atoms with Gasteiger partial charge in [-0.15, -0.1) is 0 Å². The lowest BCUT2D eigenvalue weighted by Crippen LogP contribution is -2.35. The fraction of sp³-hybridized carbons (Fsp3) is 0.435. The number of hydrogen-bond acceptors (Lipinski definition) is 3. The van der Waals surface area contributed by atoms with E-state index < -0.39 is 5.60 Å². The van der Waals surface area contributed by atoms with Crippen molar-refractivity contribution >= 4 is 22.5 Å². The first kappa shape index (κ1) is 18.2. The molecule has 2 atom stereocenters. The number of aromatic nitrogens is 2. The lowest BCUT2D eigenvalue weighted by Gasteiger charge is -2.30. The molecule has 2 aromatic heterocycles. The summed E-state index contributed by atoms with van der Waals surface area (Å²) in [6.07, 6.45) is 7.68. The van der Waals surface area contributed by atoms with E-state index in [0.717, 1.165) is 29.1 Å². The first-order valence-corrected chi connectivity index (χ1v) is 10.5. The van der Waals surface area contributed by atoms with E-state index in [4.69, 9.17) is 11.6 Å². The van der Waals surface area contributed by atoms with Gasteiger partial charge in [-0.25, -0.2) is 0 Å². The molecular formula is C23H26ClN3O. The molecule has 5 rings (SSSR count). The number of aryl methyl sites for hydroxylation is 1. The van der Waals surface area contributed by atoms with E-state index in [1.165, 1.54) is 41.5 Å². The molecule has 146 valence electrons. The van der Waals surface area contributed by atoms with Gasteiger partial charge in [0.25, 0.3) is 0 Å². The molecule has 1 saturated heterocycles. The number of fused-ring (bicyclic) bond motifs is 4. The molecule has 3 aromatic rings. The summed E-state index contributed by atoms with van der Waals surface area (Å²) in [4.78, 5) is 6.80. The molecule has 2 unspecified atom stereocenters. The molecule has 0 spiro atoms. The first-order valence-electron chi connectivity index (χ1n) is 10.1. The van der Waals surface area contributed by atoms with Gasteiger partial charge in [0.05, 0.1) is 11.1 Å². The molecule has 2 aliphatic rings. The van der Waals surface area contributed by atoms with Gasteiger partial charge < -0.3 is 9.67 Å². The van der Waals surface area contributed by atoms with Crippen LogP contribution in [-0.4, -0.2) is 32.1 Å². The molecular weight excluding hydrogens is 370 g/mol. The minimum Gasteiger partial charge on any atom is -0.385 e. The third-order valence-corrected chi connectivity index (χ3v) is 6.89. The van der Waals surface area contributed by atoms with Crippen LogP contribution in [0, 0.1) is 0 Å². The minimum atomic E-state index is -1.00. The highest BCUT2D eigenvalue weighted by Crippen LogP contribution is 2.39. The Bertz CT molecular complexity index is 1040. The topological polar surface area (TPSA) is 41.3 Å². The van der Waals surface area contributed by atoms with E-state index in [1.54, 1.807) is 12.4 Å². The van der Waals surface area contributed by atoms with Gasteiger partial charge in [0.15, 0.2) is 0 Å². The zero-order valence-electron chi connectivity index (χ0n) is 16.5. The lowest BCUT2D eigenvalue weighted by molar-refractivity contribution is 0.0575. The molecule has 0 radical (unpaired) electrons. The van der Waals surface area contributed by atoms with E-state index in [2.05, 4.69) is 27.6 Å². The summed E-state index contributed by atoms with van der Waals surface area (Å²) in [6.45, 7) is 4.06. The van der Waals surface area contributed by atoms with Crippen molar-refractivity contribution in [3.63, 3.8) is 0 Å². The summed E-state index contributed by atoms with van der Waals surface area (Å²) in [5, 5.41) is 13.2.